The predicted molar refractivity (Wildman–Crippen MR) is 104 cm³/mol. The highest BCUT2D eigenvalue weighted by atomic mass is 31.2. The molecule has 0 bridgehead atoms. The van der Waals surface area contributed by atoms with Crippen LogP contribution in [0.15, 0.2) is 54.6 Å². The summed E-state index contributed by atoms with van der Waals surface area (Å²) in [6.07, 6.45) is -0.426. The van der Waals surface area contributed by atoms with Crippen LogP contribution in [0, 0.1) is 6.92 Å². The molecule has 0 aromatic heterocycles. The Hall–Kier alpha value is -1.61. The van der Waals surface area contributed by atoms with Crippen molar-refractivity contribution >= 4 is 13.3 Å². The Morgan fingerprint density at radius 3 is 1.84 bits per heavy atom. The van der Waals surface area contributed by atoms with E-state index < -0.39 is 13.4 Å². The average Bonchev–Trinajstić information content (AvgIpc) is 2.53. The summed E-state index contributed by atoms with van der Waals surface area (Å²) in [6.45, 7) is 9.49. The van der Waals surface area contributed by atoms with Gasteiger partial charge >= 0.3 is 7.60 Å². The molecule has 0 amide bonds. The van der Waals surface area contributed by atoms with Crippen molar-refractivity contribution in [3.8, 4) is 0 Å². The summed E-state index contributed by atoms with van der Waals surface area (Å²) in [4.78, 5) is 0. The lowest BCUT2D eigenvalue weighted by atomic mass is 10.1. The number of benzene rings is 2. The van der Waals surface area contributed by atoms with Crippen LogP contribution in [0.2, 0.25) is 0 Å². The minimum atomic E-state index is -3.46. The molecule has 136 valence electrons. The SMILES string of the molecule is Cc1ccc([C@H](Nc2ccccc2)P(=O)(OC(C)C)OC(C)C)cc1. The molecular weight excluding hydrogens is 333 g/mol. The third-order valence-corrected chi connectivity index (χ3v) is 5.99. The van der Waals surface area contributed by atoms with E-state index in [0.717, 1.165) is 16.8 Å². The van der Waals surface area contributed by atoms with E-state index in [0.29, 0.717) is 0 Å². The molecule has 1 atom stereocenters. The monoisotopic (exact) mass is 361 g/mol. The number of hydrogen-bond acceptors (Lipinski definition) is 4. The van der Waals surface area contributed by atoms with Gasteiger partial charge in [-0.1, -0.05) is 48.0 Å². The number of rotatable bonds is 8. The number of anilines is 1. The van der Waals surface area contributed by atoms with E-state index in [1.54, 1.807) is 0 Å². The maximum absolute atomic E-state index is 13.7. The minimum absolute atomic E-state index is 0.213. The summed E-state index contributed by atoms with van der Waals surface area (Å²) >= 11 is 0. The second-order valence-corrected chi connectivity index (χ2v) is 8.69. The van der Waals surface area contributed by atoms with Crippen molar-refractivity contribution in [1.29, 1.82) is 0 Å². The lowest BCUT2D eigenvalue weighted by molar-refractivity contribution is 0.138. The summed E-state index contributed by atoms with van der Waals surface area (Å²) in [6, 6.07) is 17.6. The summed E-state index contributed by atoms with van der Waals surface area (Å²) in [7, 11) is -3.46. The van der Waals surface area contributed by atoms with E-state index in [9.17, 15) is 4.57 Å². The molecule has 0 saturated carbocycles. The van der Waals surface area contributed by atoms with E-state index >= 15 is 0 Å². The third-order valence-electron chi connectivity index (χ3n) is 3.50. The van der Waals surface area contributed by atoms with Crippen molar-refractivity contribution in [1.82, 2.24) is 0 Å². The normalized spacial score (nSPS) is 13.2. The minimum Gasteiger partial charge on any atom is -0.368 e. The molecule has 1 N–H and O–H groups in total. The van der Waals surface area contributed by atoms with Crippen molar-refractivity contribution in [2.24, 2.45) is 0 Å². The highest BCUT2D eigenvalue weighted by molar-refractivity contribution is 7.54. The highest BCUT2D eigenvalue weighted by Gasteiger charge is 2.39. The van der Waals surface area contributed by atoms with E-state index in [-0.39, 0.29) is 12.2 Å². The molecule has 2 aromatic carbocycles. The van der Waals surface area contributed by atoms with Crippen LogP contribution < -0.4 is 5.32 Å². The van der Waals surface area contributed by atoms with Gasteiger partial charge in [0.2, 0.25) is 0 Å². The average molecular weight is 361 g/mol. The van der Waals surface area contributed by atoms with Crippen molar-refractivity contribution in [3.05, 3.63) is 65.7 Å². The lowest BCUT2D eigenvalue weighted by Crippen LogP contribution is -2.19. The predicted octanol–water partition coefficient (Wildman–Crippen LogP) is 6.15. The van der Waals surface area contributed by atoms with Gasteiger partial charge in [-0.25, -0.2) is 0 Å². The highest BCUT2D eigenvalue weighted by Crippen LogP contribution is 2.62. The Labute approximate surface area is 151 Å². The molecule has 0 unspecified atom stereocenters. The van der Waals surface area contributed by atoms with Gasteiger partial charge in [0.05, 0.1) is 12.2 Å². The lowest BCUT2D eigenvalue weighted by Gasteiger charge is -2.31. The second kappa shape index (κ2) is 8.66. The maximum atomic E-state index is 13.7. The van der Waals surface area contributed by atoms with E-state index in [2.05, 4.69) is 5.32 Å². The fraction of sp³-hybridized carbons (Fsp3) is 0.400. The van der Waals surface area contributed by atoms with Crippen LogP contribution in [0.4, 0.5) is 5.69 Å². The maximum Gasteiger partial charge on any atom is 0.357 e. The van der Waals surface area contributed by atoms with Crippen LogP contribution in [0.5, 0.6) is 0 Å². The van der Waals surface area contributed by atoms with Crippen molar-refractivity contribution in [2.45, 2.75) is 52.6 Å². The Bertz CT molecular complexity index is 685. The molecule has 25 heavy (non-hydrogen) atoms. The van der Waals surface area contributed by atoms with Gasteiger partial charge in [-0.05, 0) is 52.3 Å². The third kappa shape index (κ3) is 5.71. The number of hydrogen-bond donors (Lipinski definition) is 1. The first-order valence-corrected chi connectivity index (χ1v) is 10.3. The Morgan fingerprint density at radius 2 is 1.36 bits per heavy atom. The zero-order valence-corrected chi connectivity index (χ0v) is 16.5. The van der Waals surface area contributed by atoms with Crippen molar-refractivity contribution < 1.29 is 13.6 Å². The van der Waals surface area contributed by atoms with E-state index in [1.807, 2.05) is 89.2 Å². The van der Waals surface area contributed by atoms with Gasteiger partial charge in [-0.3, -0.25) is 4.57 Å². The van der Waals surface area contributed by atoms with Gasteiger partial charge in [-0.15, -0.1) is 0 Å². The number of para-hydroxylation sites is 1. The quantitative estimate of drug-likeness (QED) is 0.573. The molecule has 4 nitrogen and oxygen atoms in total. The molecule has 5 heteroatoms. The Morgan fingerprint density at radius 1 is 0.840 bits per heavy atom. The molecule has 0 radical (unpaired) electrons. The largest absolute Gasteiger partial charge is 0.368 e. The van der Waals surface area contributed by atoms with Gasteiger partial charge < -0.3 is 14.4 Å². The molecule has 0 heterocycles. The summed E-state index contributed by atoms with van der Waals surface area (Å²) < 4.78 is 25.4. The van der Waals surface area contributed by atoms with Crippen molar-refractivity contribution in [3.63, 3.8) is 0 Å². The van der Waals surface area contributed by atoms with Gasteiger partial charge in [0.25, 0.3) is 0 Å². The first-order valence-electron chi connectivity index (χ1n) is 8.65. The molecule has 0 aliphatic carbocycles. The number of aryl methyl sites for hydroxylation is 1. The Balaban J connectivity index is 2.46. The standard InChI is InChI=1S/C20H28NO3P/c1-15(2)23-25(22,24-16(3)4)20(18-13-11-17(5)12-14-18)21-19-9-7-6-8-10-19/h6-16,20-21H,1-5H3/t20-/m1/s1. The van der Waals surface area contributed by atoms with Gasteiger partial charge in [0.15, 0.2) is 5.78 Å². The molecule has 0 fully saturated rings. The van der Waals surface area contributed by atoms with Gasteiger partial charge in [-0.2, -0.15) is 0 Å². The smallest absolute Gasteiger partial charge is 0.357 e. The van der Waals surface area contributed by atoms with E-state index in [1.165, 1.54) is 0 Å². The van der Waals surface area contributed by atoms with Crippen LogP contribution >= 0.6 is 7.60 Å². The molecule has 0 aliphatic heterocycles. The topological polar surface area (TPSA) is 47.6 Å². The first-order chi connectivity index (χ1) is 11.8. The zero-order valence-electron chi connectivity index (χ0n) is 15.6. The molecule has 0 aliphatic rings. The van der Waals surface area contributed by atoms with Gasteiger partial charge in [0, 0.05) is 5.69 Å². The van der Waals surface area contributed by atoms with Crippen LogP contribution in [-0.4, -0.2) is 12.2 Å². The molecular formula is C20H28NO3P. The molecule has 0 spiro atoms. The summed E-state index contributed by atoms with van der Waals surface area (Å²) in [5, 5.41) is 3.35. The zero-order chi connectivity index (χ0) is 18.4. The van der Waals surface area contributed by atoms with Gasteiger partial charge in [0.1, 0.15) is 0 Å². The summed E-state index contributed by atoms with van der Waals surface area (Å²) in [5.74, 6) is -0.583. The van der Waals surface area contributed by atoms with Crippen LogP contribution in [-0.2, 0) is 13.6 Å². The van der Waals surface area contributed by atoms with Crippen molar-refractivity contribution in [2.75, 3.05) is 5.32 Å². The molecule has 0 saturated heterocycles. The summed E-state index contributed by atoms with van der Waals surface area (Å²) in [5.41, 5.74) is 2.89. The van der Waals surface area contributed by atoms with Crippen LogP contribution in [0.25, 0.3) is 0 Å². The Kier molecular flexibility index (Phi) is 6.83. The van der Waals surface area contributed by atoms with Crippen LogP contribution in [0.1, 0.15) is 44.6 Å². The fourth-order valence-corrected chi connectivity index (χ4v) is 4.83. The number of nitrogens with one attached hydrogen (secondary N) is 1. The molecule has 2 aromatic rings. The molecule has 2 rings (SSSR count). The van der Waals surface area contributed by atoms with E-state index in [4.69, 9.17) is 9.05 Å². The fourth-order valence-electron chi connectivity index (χ4n) is 2.52. The first kappa shape index (κ1) is 19.7. The van der Waals surface area contributed by atoms with Crippen LogP contribution in [0.3, 0.4) is 0 Å². The second-order valence-electron chi connectivity index (χ2n) is 6.67.